The second-order valence-electron chi connectivity index (χ2n) is 3.70. The van der Waals surface area contributed by atoms with Crippen molar-refractivity contribution < 1.29 is 9.13 Å². The molecule has 2 N–H and O–H groups in total. The minimum atomic E-state index is -0.526. The van der Waals surface area contributed by atoms with Gasteiger partial charge in [0, 0.05) is 22.8 Å². The monoisotopic (exact) mass is 310 g/mol. The minimum absolute atomic E-state index is 0.188. The fourth-order valence-electron chi connectivity index (χ4n) is 1.60. The van der Waals surface area contributed by atoms with E-state index < -0.39 is 6.10 Å². The average Bonchev–Trinajstić information content (AvgIpc) is 2.37. The predicted octanol–water partition coefficient (Wildman–Crippen LogP) is 3.06. The molecule has 1 heterocycles. The van der Waals surface area contributed by atoms with Gasteiger partial charge in [-0.2, -0.15) is 0 Å². The second-order valence-corrected chi connectivity index (χ2v) is 4.62. The summed E-state index contributed by atoms with van der Waals surface area (Å²) in [7, 11) is 0. The van der Waals surface area contributed by atoms with Crippen LogP contribution in [0, 0.1) is 5.82 Å². The molecular weight excluding hydrogens is 299 g/mol. The molecule has 5 heteroatoms. The maximum absolute atomic E-state index is 13.6. The first-order chi connectivity index (χ1) is 8.70. The molecule has 1 unspecified atom stereocenters. The Labute approximate surface area is 113 Å². The van der Waals surface area contributed by atoms with Crippen molar-refractivity contribution in [3.8, 4) is 5.75 Å². The van der Waals surface area contributed by atoms with Crippen LogP contribution in [0.2, 0.25) is 0 Å². The largest absolute Gasteiger partial charge is 0.483 e. The first-order valence-corrected chi connectivity index (χ1v) is 6.21. The number of ether oxygens (including phenoxy) is 1. The number of pyridine rings is 1. The molecule has 18 heavy (non-hydrogen) atoms. The van der Waals surface area contributed by atoms with Crippen LogP contribution < -0.4 is 10.5 Å². The van der Waals surface area contributed by atoms with Crippen LogP contribution in [0.4, 0.5) is 4.39 Å². The van der Waals surface area contributed by atoms with Crippen LogP contribution in [0.15, 0.2) is 47.2 Å². The third kappa shape index (κ3) is 3.05. The van der Waals surface area contributed by atoms with Crippen LogP contribution in [-0.4, -0.2) is 11.5 Å². The number of nitrogens with zero attached hydrogens (tertiary/aromatic N) is 1. The van der Waals surface area contributed by atoms with E-state index in [0.29, 0.717) is 11.3 Å². The Hall–Kier alpha value is -1.46. The topological polar surface area (TPSA) is 48.1 Å². The third-order valence-electron chi connectivity index (χ3n) is 2.42. The fourth-order valence-corrected chi connectivity index (χ4v) is 1.94. The molecule has 1 atom stereocenters. The molecule has 1 aromatic heterocycles. The van der Waals surface area contributed by atoms with Crippen molar-refractivity contribution in [1.29, 1.82) is 0 Å². The Kier molecular flexibility index (Phi) is 4.28. The van der Waals surface area contributed by atoms with E-state index in [1.807, 2.05) is 0 Å². The lowest BCUT2D eigenvalue weighted by Gasteiger charge is -2.18. The van der Waals surface area contributed by atoms with Gasteiger partial charge in [0.2, 0.25) is 0 Å². The minimum Gasteiger partial charge on any atom is -0.483 e. The highest BCUT2D eigenvalue weighted by atomic mass is 79.9. The molecule has 0 bridgehead atoms. The molecule has 0 saturated heterocycles. The van der Waals surface area contributed by atoms with Crippen molar-refractivity contribution in [2.45, 2.75) is 6.10 Å². The lowest BCUT2D eigenvalue weighted by molar-refractivity contribution is 0.208. The van der Waals surface area contributed by atoms with E-state index in [1.54, 1.807) is 36.7 Å². The first-order valence-electron chi connectivity index (χ1n) is 5.42. The van der Waals surface area contributed by atoms with Crippen LogP contribution in [-0.2, 0) is 0 Å². The van der Waals surface area contributed by atoms with Crippen LogP contribution >= 0.6 is 15.9 Å². The molecule has 0 aliphatic rings. The van der Waals surface area contributed by atoms with Gasteiger partial charge in [-0.3, -0.25) is 4.98 Å². The van der Waals surface area contributed by atoms with Crippen molar-refractivity contribution in [2.75, 3.05) is 6.54 Å². The standard InChI is InChI=1S/C13H12BrFN2O/c14-9-5-10(8-17-7-9)18-13(6-16)11-3-1-2-4-12(11)15/h1-5,7-8,13H,6,16H2. The highest BCUT2D eigenvalue weighted by molar-refractivity contribution is 9.10. The van der Waals surface area contributed by atoms with Gasteiger partial charge in [0.1, 0.15) is 17.7 Å². The van der Waals surface area contributed by atoms with Crippen molar-refractivity contribution in [2.24, 2.45) is 5.73 Å². The van der Waals surface area contributed by atoms with Crippen molar-refractivity contribution in [3.05, 3.63) is 58.6 Å². The smallest absolute Gasteiger partial charge is 0.139 e. The quantitative estimate of drug-likeness (QED) is 0.944. The van der Waals surface area contributed by atoms with Gasteiger partial charge in [0.15, 0.2) is 0 Å². The number of aromatic nitrogens is 1. The van der Waals surface area contributed by atoms with Gasteiger partial charge in [0.25, 0.3) is 0 Å². The van der Waals surface area contributed by atoms with Crippen LogP contribution in [0.1, 0.15) is 11.7 Å². The first kappa shape index (κ1) is 13.0. The summed E-state index contributed by atoms with van der Waals surface area (Å²) in [5.74, 6) is 0.221. The van der Waals surface area contributed by atoms with E-state index in [2.05, 4.69) is 20.9 Å². The number of hydrogen-bond donors (Lipinski definition) is 1. The van der Waals surface area contributed by atoms with Crippen molar-refractivity contribution >= 4 is 15.9 Å². The van der Waals surface area contributed by atoms with E-state index in [9.17, 15) is 4.39 Å². The van der Waals surface area contributed by atoms with Gasteiger partial charge in [-0.05, 0) is 28.1 Å². The number of benzene rings is 1. The van der Waals surface area contributed by atoms with Gasteiger partial charge >= 0.3 is 0 Å². The molecule has 94 valence electrons. The van der Waals surface area contributed by atoms with Crippen LogP contribution in [0.3, 0.4) is 0 Å². The van der Waals surface area contributed by atoms with Crippen LogP contribution in [0.5, 0.6) is 5.75 Å². The van der Waals surface area contributed by atoms with E-state index in [0.717, 1.165) is 4.47 Å². The average molecular weight is 311 g/mol. The third-order valence-corrected chi connectivity index (χ3v) is 2.86. The summed E-state index contributed by atoms with van der Waals surface area (Å²) >= 11 is 3.30. The summed E-state index contributed by atoms with van der Waals surface area (Å²) < 4.78 is 20.1. The predicted molar refractivity (Wildman–Crippen MR) is 70.8 cm³/mol. The Balaban J connectivity index is 2.23. The summed E-state index contributed by atoms with van der Waals surface area (Å²) in [5, 5.41) is 0. The molecule has 1 aromatic carbocycles. The SMILES string of the molecule is NCC(Oc1cncc(Br)c1)c1ccccc1F. The number of nitrogens with two attached hydrogens (primary N) is 1. The highest BCUT2D eigenvalue weighted by Gasteiger charge is 2.15. The Morgan fingerprint density at radius 3 is 2.78 bits per heavy atom. The maximum atomic E-state index is 13.6. The zero-order valence-electron chi connectivity index (χ0n) is 9.51. The Morgan fingerprint density at radius 1 is 1.33 bits per heavy atom. The Bertz CT molecular complexity index is 536. The summed E-state index contributed by atoms with van der Waals surface area (Å²) in [5.41, 5.74) is 6.08. The highest BCUT2D eigenvalue weighted by Crippen LogP contribution is 2.24. The molecule has 2 aromatic rings. The molecule has 2 rings (SSSR count). The summed E-state index contributed by atoms with van der Waals surface area (Å²) in [4.78, 5) is 3.98. The Morgan fingerprint density at radius 2 is 2.11 bits per heavy atom. The van der Waals surface area contributed by atoms with E-state index in [4.69, 9.17) is 10.5 Å². The maximum Gasteiger partial charge on any atom is 0.139 e. The number of hydrogen-bond acceptors (Lipinski definition) is 3. The van der Waals surface area contributed by atoms with Gasteiger partial charge < -0.3 is 10.5 Å². The molecule has 0 aliphatic carbocycles. The zero-order chi connectivity index (χ0) is 13.0. The summed E-state index contributed by atoms with van der Waals surface area (Å²) in [6.07, 6.45) is 2.68. The molecule has 0 spiro atoms. The summed E-state index contributed by atoms with van der Waals surface area (Å²) in [6.45, 7) is 0.188. The van der Waals surface area contributed by atoms with E-state index in [1.165, 1.54) is 6.07 Å². The lowest BCUT2D eigenvalue weighted by Crippen LogP contribution is -2.19. The van der Waals surface area contributed by atoms with Gasteiger partial charge in [0.05, 0.1) is 6.20 Å². The number of halogens is 2. The molecule has 0 amide bonds. The van der Waals surface area contributed by atoms with Crippen LogP contribution in [0.25, 0.3) is 0 Å². The zero-order valence-corrected chi connectivity index (χ0v) is 11.1. The molecule has 0 saturated carbocycles. The molecule has 0 aliphatic heterocycles. The van der Waals surface area contributed by atoms with Crippen molar-refractivity contribution in [1.82, 2.24) is 4.98 Å². The molecule has 0 radical (unpaired) electrons. The molecule has 3 nitrogen and oxygen atoms in total. The molecule has 0 fully saturated rings. The van der Waals surface area contributed by atoms with Gasteiger partial charge in [-0.25, -0.2) is 4.39 Å². The van der Waals surface area contributed by atoms with E-state index >= 15 is 0 Å². The number of rotatable bonds is 4. The lowest BCUT2D eigenvalue weighted by atomic mass is 10.1. The normalized spacial score (nSPS) is 12.2. The van der Waals surface area contributed by atoms with E-state index in [-0.39, 0.29) is 12.4 Å². The fraction of sp³-hybridized carbons (Fsp3) is 0.154. The van der Waals surface area contributed by atoms with Crippen molar-refractivity contribution in [3.63, 3.8) is 0 Å². The van der Waals surface area contributed by atoms with Gasteiger partial charge in [-0.15, -0.1) is 0 Å². The second kappa shape index (κ2) is 5.93. The molecular formula is C13H12BrFN2O. The summed E-state index contributed by atoms with van der Waals surface area (Å²) in [6, 6.07) is 8.20. The van der Waals surface area contributed by atoms with Gasteiger partial charge in [-0.1, -0.05) is 18.2 Å².